The van der Waals surface area contributed by atoms with Crippen molar-refractivity contribution in [1.29, 1.82) is 0 Å². The second kappa shape index (κ2) is 5.04. The average molecular weight is 237 g/mol. The summed E-state index contributed by atoms with van der Waals surface area (Å²) in [6, 6.07) is 0. The molecule has 8 heteroatoms. The van der Waals surface area contributed by atoms with Crippen LogP contribution in [0.3, 0.4) is 0 Å². The third-order valence-corrected chi connectivity index (χ3v) is 2.48. The van der Waals surface area contributed by atoms with Crippen LogP contribution in [0.1, 0.15) is 0 Å². The molecule has 0 aromatic heterocycles. The fourth-order valence-corrected chi connectivity index (χ4v) is 1.48. The highest BCUT2D eigenvalue weighted by Gasteiger charge is 2.49. The topological polar surface area (TPSA) is 139 Å². The zero-order valence-corrected chi connectivity index (χ0v) is 8.41. The van der Waals surface area contributed by atoms with Gasteiger partial charge in [-0.25, -0.2) is 0 Å². The number of aliphatic carboxylic acids is 1. The summed E-state index contributed by atoms with van der Waals surface area (Å²) >= 11 is 0. The summed E-state index contributed by atoms with van der Waals surface area (Å²) < 4.78 is 4.98. The molecule has 0 amide bonds. The van der Waals surface area contributed by atoms with Gasteiger partial charge in [-0.1, -0.05) is 0 Å². The molecule has 4 atom stereocenters. The summed E-state index contributed by atoms with van der Waals surface area (Å²) in [5, 5.41) is 48.1. The molecule has 8 nitrogen and oxygen atoms in total. The molecule has 1 rings (SSSR count). The van der Waals surface area contributed by atoms with Crippen LogP contribution in [0.15, 0.2) is 0 Å². The summed E-state index contributed by atoms with van der Waals surface area (Å²) in [6.07, 6.45) is -4.41. The van der Waals surface area contributed by atoms with Gasteiger partial charge in [0.25, 0.3) is 0 Å². The Morgan fingerprint density at radius 2 is 2.06 bits per heavy atom. The number of ether oxygens (including phenoxy) is 1. The molecule has 0 bridgehead atoms. The van der Waals surface area contributed by atoms with Crippen molar-refractivity contribution in [3.63, 3.8) is 0 Å². The van der Waals surface area contributed by atoms with Crippen molar-refractivity contribution in [1.82, 2.24) is 5.32 Å². The van der Waals surface area contributed by atoms with Gasteiger partial charge in [-0.2, -0.15) is 0 Å². The van der Waals surface area contributed by atoms with E-state index in [0.29, 0.717) is 0 Å². The summed E-state index contributed by atoms with van der Waals surface area (Å²) in [6.45, 7) is -1.60. The predicted octanol–water partition coefficient (Wildman–Crippen LogP) is -3.54. The maximum atomic E-state index is 10.4. The number of carboxylic acids is 1. The zero-order chi connectivity index (χ0) is 12.3. The molecule has 0 aromatic carbocycles. The van der Waals surface area contributed by atoms with Gasteiger partial charge in [0.15, 0.2) is 5.72 Å². The van der Waals surface area contributed by atoms with Gasteiger partial charge >= 0.3 is 5.97 Å². The summed E-state index contributed by atoms with van der Waals surface area (Å²) in [5.74, 6) is -1.20. The van der Waals surface area contributed by atoms with Gasteiger partial charge in [-0.3, -0.25) is 10.1 Å². The molecule has 0 saturated carbocycles. The number of aliphatic hydroxyl groups is 4. The Bertz CT molecular complexity index is 261. The maximum Gasteiger partial charge on any atom is 0.317 e. The Labute approximate surface area is 91.1 Å². The number of hydrogen-bond donors (Lipinski definition) is 6. The molecule has 16 heavy (non-hydrogen) atoms. The van der Waals surface area contributed by atoms with Crippen LogP contribution in [0.25, 0.3) is 0 Å². The molecular weight excluding hydrogens is 222 g/mol. The van der Waals surface area contributed by atoms with Crippen LogP contribution in [-0.4, -0.2) is 75.3 Å². The predicted molar refractivity (Wildman–Crippen MR) is 49.4 cm³/mol. The number of carbonyl (C=O) groups is 1. The standard InChI is InChI=1S/C8H15NO7/c10-3-8(9-1-5(12)13)7(15)6(14)4(11)2-16-8/h4,6-7,9-11,14-15H,1-3H2,(H,12,13)/t4-,6+,7+,8?/m1/s1. The highest BCUT2D eigenvalue weighted by Crippen LogP contribution is 2.23. The van der Waals surface area contributed by atoms with Crippen LogP contribution < -0.4 is 5.32 Å². The summed E-state index contributed by atoms with van der Waals surface area (Å²) in [4.78, 5) is 10.4. The number of carboxylic acid groups (broad SMARTS) is 1. The smallest absolute Gasteiger partial charge is 0.317 e. The largest absolute Gasteiger partial charge is 0.480 e. The van der Waals surface area contributed by atoms with Crippen LogP contribution in [0, 0.1) is 0 Å². The van der Waals surface area contributed by atoms with E-state index in [1.54, 1.807) is 0 Å². The average Bonchev–Trinajstić information content (AvgIpc) is 2.26. The highest BCUT2D eigenvalue weighted by atomic mass is 16.6. The van der Waals surface area contributed by atoms with Crippen LogP contribution in [0.2, 0.25) is 0 Å². The first kappa shape index (κ1) is 13.3. The number of aliphatic hydroxyl groups excluding tert-OH is 4. The van der Waals surface area contributed by atoms with Crippen molar-refractivity contribution < 1.29 is 35.1 Å². The number of nitrogens with one attached hydrogen (secondary N) is 1. The molecule has 1 heterocycles. The van der Waals surface area contributed by atoms with Crippen molar-refractivity contribution in [3.8, 4) is 0 Å². The van der Waals surface area contributed by atoms with Crippen LogP contribution in [0.4, 0.5) is 0 Å². The van der Waals surface area contributed by atoms with Crippen molar-refractivity contribution in [2.75, 3.05) is 19.8 Å². The Morgan fingerprint density at radius 3 is 2.56 bits per heavy atom. The number of hydrogen-bond acceptors (Lipinski definition) is 7. The van der Waals surface area contributed by atoms with Crippen molar-refractivity contribution in [2.24, 2.45) is 0 Å². The van der Waals surface area contributed by atoms with Gasteiger partial charge < -0.3 is 30.3 Å². The lowest BCUT2D eigenvalue weighted by molar-refractivity contribution is -0.258. The molecule has 94 valence electrons. The Balaban J connectivity index is 2.74. The molecule has 0 aliphatic carbocycles. The van der Waals surface area contributed by atoms with E-state index in [2.05, 4.69) is 5.32 Å². The van der Waals surface area contributed by atoms with Crippen molar-refractivity contribution in [2.45, 2.75) is 24.0 Å². The first-order valence-corrected chi connectivity index (χ1v) is 4.69. The van der Waals surface area contributed by atoms with Crippen molar-refractivity contribution in [3.05, 3.63) is 0 Å². The molecule has 1 aliphatic heterocycles. The van der Waals surface area contributed by atoms with Gasteiger partial charge in [0.05, 0.1) is 19.8 Å². The third-order valence-electron chi connectivity index (χ3n) is 2.48. The van der Waals surface area contributed by atoms with E-state index < -0.39 is 43.2 Å². The zero-order valence-electron chi connectivity index (χ0n) is 8.41. The van der Waals surface area contributed by atoms with E-state index in [-0.39, 0.29) is 6.61 Å². The maximum absolute atomic E-state index is 10.4. The minimum Gasteiger partial charge on any atom is -0.480 e. The number of rotatable bonds is 4. The van der Waals surface area contributed by atoms with Crippen LogP contribution in [0.5, 0.6) is 0 Å². The molecule has 0 aromatic rings. The van der Waals surface area contributed by atoms with Crippen molar-refractivity contribution >= 4 is 5.97 Å². The van der Waals surface area contributed by atoms with Crippen LogP contribution >= 0.6 is 0 Å². The van der Waals surface area contributed by atoms with E-state index in [4.69, 9.17) is 14.9 Å². The second-order valence-electron chi connectivity index (χ2n) is 3.61. The monoisotopic (exact) mass is 237 g/mol. The molecule has 0 spiro atoms. The summed E-state index contributed by atoms with van der Waals surface area (Å²) in [5.41, 5.74) is -1.77. The van der Waals surface area contributed by atoms with E-state index in [1.807, 2.05) is 0 Å². The third kappa shape index (κ3) is 2.48. The molecule has 1 aliphatic rings. The van der Waals surface area contributed by atoms with Gasteiger partial charge in [-0.05, 0) is 0 Å². The highest BCUT2D eigenvalue weighted by molar-refractivity contribution is 5.69. The first-order valence-electron chi connectivity index (χ1n) is 4.69. The second-order valence-corrected chi connectivity index (χ2v) is 3.61. The fraction of sp³-hybridized carbons (Fsp3) is 0.875. The van der Waals surface area contributed by atoms with Gasteiger partial charge in [0.1, 0.15) is 18.3 Å². The lowest BCUT2D eigenvalue weighted by Gasteiger charge is -2.44. The Kier molecular flexibility index (Phi) is 4.19. The van der Waals surface area contributed by atoms with E-state index >= 15 is 0 Å². The quantitative estimate of drug-likeness (QED) is 0.295. The molecule has 6 N–H and O–H groups in total. The molecule has 1 unspecified atom stereocenters. The first-order chi connectivity index (χ1) is 7.43. The molecule has 1 saturated heterocycles. The molecule has 0 radical (unpaired) electrons. The van der Waals surface area contributed by atoms with Gasteiger partial charge in [-0.15, -0.1) is 0 Å². The van der Waals surface area contributed by atoms with E-state index in [9.17, 15) is 20.1 Å². The fourth-order valence-electron chi connectivity index (χ4n) is 1.48. The Morgan fingerprint density at radius 1 is 1.44 bits per heavy atom. The lowest BCUT2D eigenvalue weighted by atomic mass is 9.95. The van der Waals surface area contributed by atoms with Crippen LogP contribution in [-0.2, 0) is 9.53 Å². The molecular formula is C8H15NO7. The molecule has 1 fully saturated rings. The minimum atomic E-state index is -1.77. The SMILES string of the molecule is O=C(O)CNC1(CO)OC[C@@H](O)[C@H](O)[C@@H]1O. The summed E-state index contributed by atoms with van der Waals surface area (Å²) in [7, 11) is 0. The lowest BCUT2D eigenvalue weighted by Crippen LogP contribution is -2.69. The van der Waals surface area contributed by atoms with E-state index in [0.717, 1.165) is 0 Å². The van der Waals surface area contributed by atoms with Gasteiger partial charge in [0.2, 0.25) is 0 Å². The normalized spacial score (nSPS) is 39.6. The Hall–Kier alpha value is -0.770. The van der Waals surface area contributed by atoms with E-state index in [1.165, 1.54) is 0 Å². The minimum absolute atomic E-state index is 0.314. The van der Waals surface area contributed by atoms with Gasteiger partial charge in [0, 0.05) is 0 Å².